The van der Waals surface area contributed by atoms with E-state index in [1.54, 1.807) is 35.2 Å². The van der Waals surface area contributed by atoms with Gasteiger partial charge in [-0.1, -0.05) is 35.9 Å². The predicted molar refractivity (Wildman–Crippen MR) is 153 cm³/mol. The molecule has 226 valence electrons. The number of piperidine rings is 1. The van der Waals surface area contributed by atoms with Crippen LogP contribution in [0, 0.1) is 11.7 Å². The van der Waals surface area contributed by atoms with E-state index in [1.807, 2.05) is 0 Å². The summed E-state index contributed by atoms with van der Waals surface area (Å²) >= 11 is 5.98. The van der Waals surface area contributed by atoms with Crippen molar-refractivity contribution in [3.63, 3.8) is 0 Å². The molecule has 12 heteroatoms. The Balaban J connectivity index is 1.38. The largest absolute Gasteiger partial charge is 0.445 e. The number of rotatable bonds is 10. The molecule has 4 N–H and O–H groups in total. The lowest BCUT2D eigenvalue weighted by Gasteiger charge is -2.39. The molecule has 1 spiro atoms. The van der Waals surface area contributed by atoms with Crippen LogP contribution in [-0.2, 0) is 32.1 Å². The number of aliphatic hydroxyl groups excluding tert-OH is 1. The van der Waals surface area contributed by atoms with Gasteiger partial charge in [0, 0.05) is 42.9 Å². The van der Waals surface area contributed by atoms with Gasteiger partial charge in [0.1, 0.15) is 18.5 Å². The van der Waals surface area contributed by atoms with Crippen LogP contribution in [0.15, 0.2) is 48.5 Å². The van der Waals surface area contributed by atoms with Crippen LogP contribution in [0.4, 0.5) is 9.18 Å². The molecule has 2 heterocycles. The summed E-state index contributed by atoms with van der Waals surface area (Å²) < 4.78 is 19.1. The number of amides is 4. The van der Waals surface area contributed by atoms with E-state index in [0.29, 0.717) is 48.5 Å². The number of ether oxygens (including phenoxy) is 1. The molecule has 2 fully saturated rings. The van der Waals surface area contributed by atoms with E-state index >= 15 is 0 Å². The highest BCUT2D eigenvalue weighted by atomic mass is 35.5. The predicted octanol–water partition coefficient (Wildman–Crippen LogP) is 2.70. The number of hydrogen-bond donors (Lipinski definition) is 4. The van der Waals surface area contributed by atoms with E-state index < -0.39 is 48.0 Å². The van der Waals surface area contributed by atoms with Gasteiger partial charge >= 0.3 is 6.09 Å². The van der Waals surface area contributed by atoms with Gasteiger partial charge in [0.15, 0.2) is 0 Å². The molecule has 0 bridgehead atoms. The van der Waals surface area contributed by atoms with Crippen molar-refractivity contribution >= 4 is 35.4 Å². The molecule has 2 saturated heterocycles. The molecule has 3 atom stereocenters. The topological polar surface area (TPSA) is 137 Å². The fourth-order valence-corrected chi connectivity index (χ4v) is 5.85. The summed E-state index contributed by atoms with van der Waals surface area (Å²) in [6.07, 6.45) is 1.11. The molecular formula is C30H36ClFN4O6. The van der Waals surface area contributed by atoms with Gasteiger partial charge in [-0.25, -0.2) is 9.18 Å². The number of nitrogens with one attached hydrogen (secondary N) is 3. The number of nitrogens with zero attached hydrogens (tertiary/aromatic N) is 1. The molecule has 2 aliphatic heterocycles. The number of alkyl carbamates (subject to hydrolysis) is 1. The van der Waals surface area contributed by atoms with E-state index in [4.69, 9.17) is 16.3 Å². The van der Waals surface area contributed by atoms with E-state index in [-0.39, 0.29) is 31.3 Å². The SMILES string of the molecule is CC(=O)N1CCC2(CC1)CC(CC(CO)NC(=O)[C@H](Cc1cccc(F)c1)NC(=O)OCc1cccc(Cl)c1)C(=O)N2. The zero-order valence-corrected chi connectivity index (χ0v) is 24.2. The summed E-state index contributed by atoms with van der Waals surface area (Å²) in [6.45, 7) is 2.14. The molecule has 2 unspecified atom stereocenters. The van der Waals surface area contributed by atoms with Crippen LogP contribution >= 0.6 is 11.6 Å². The van der Waals surface area contributed by atoms with E-state index in [1.165, 1.54) is 25.1 Å². The molecule has 2 aromatic carbocycles. The number of aliphatic hydroxyl groups is 1. The van der Waals surface area contributed by atoms with Crippen molar-refractivity contribution in [2.45, 2.75) is 63.3 Å². The minimum Gasteiger partial charge on any atom is -0.445 e. The van der Waals surface area contributed by atoms with Crippen molar-refractivity contribution in [1.82, 2.24) is 20.9 Å². The third-order valence-corrected chi connectivity index (χ3v) is 8.13. The van der Waals surface area contributed by atoms with E-state index in [2.05, 4.69) is 16.0 Å². The minimum absolute atomic E-state index is 0.00327. The van der Waals surface area contributed by atoms with Gasteiger partial charge in [-0.15, -0.1) is 0 Å². The van der Waals surface area contributed by atoms with Gasteiger partial charge in [-0.3, -0.25) is 14.4 Å². The Morgan fingerprint density at radius 2 is 1.86 bits per heavy atom. The van der Waals surface area contributed by atoms with Crippen LogP contribution in [0.1, 0.15) is 43.7 Å². The summed E-state index contributed by atoms with van der Waals surface area (Å²) in [6, 6.07) is 10.6. The highest BCUT2D eigenvalue weighted by Crippen LogP contribution is 2.36. The minimum atomic E-state index is -1.15. The lowest BCUT2D eigenvalue weighted by atomic mass is 9.82. The second-order valence-corrected chi connectivity index (χ2v) is 11.5. The Morgan fingerprint density at radius 1 is 1.14 bits per heavy atom. The van der Waals surface area contributed by atoms with Gasteiger partial charge in [0.05, 0.1) is 12.6 Å². The summed E-state index contributed by atoms with van der Waals surface area (Å²) in [5.41, 5.74) is 0.718. The van der Waals surface area contributed by atoms with Crippen LogP contribution in [0.2, 0.25) is 5.02 Å². The second kappa shape index (κ2) is 14.0. The molecule has 2 aliphatic rings. The molecule has 0 aromatic heterocycles. The second-order valence-electron chi connectivity index (χ2n) is 11.0. The molecule has 2 aromatic rings. The number of hydrogen-bond acceptors (Lipinski definition) is 6. The number of halogens is 2. The van der Waals surface area contributed by atoms with Crippen molar-refractivity contribution in [2.75, 3.05) is 19.7 Å². The van der Waals surface area contributed by atoms with Crippen molar-refractivity contribution in [2.24, 2.45) is 5.92 Å². The first-order valence-corrected chi connectivity index (χ1v) is 14.3. The first kappa shape index (κ1) is 31.2. The van der Waals surface area contributed by atoms with Gasteiger partial charge in [0.2, 0.25) is 17.7 Å². The fraction of sp³-hybridized carbons (Fsp3) is 0.467. The Hall–Kier alpha value is -3.70. The first-order chi connectivity index (χ1) is 20.1. The normalized spacial score (nSPS) is 19.1. The van der Waals surface area contributed by atoms with E-state index in [0.717, 1.165) is 0 Å². The van der Waals surface area contributed by atoms with Crippen LogP contribution < -0.4 is 16.0 Å². The average Bonchev–Trinajstić information content (AvgIpc) is 3.24. The number of benzene rings is 2. The lowest BCUT2D eigenvalue weighted by molar-refractivity contribution is -0.130. The van der Waals surface area contributed by atoms with Gasteiger partial charge < -0.3 is 30.7 Å². The quantitative estimate of drug-likeness (QED) is 0.330. The molecule has 0 aliphatic carbocycles. The molecule has 4 rings (SSSR count). The Bertz CT molecular complexity index is 1300. The van der Waals surface area contributed by atoms with Crippen LogP contribution in [0.3, 0.4) is 0 Å². The van der Waals surface area contributed by atoms with Crippen LogP contribution in [0.25, 0.3) is 0 Å². The fourth-order valence-electron chi connectivity index (χ4n) is 5.64. The molecule has 0 radical (unpaired) electrons. The molecule has 42 heavy (non-hydrogen) atoms. The summed E-state index contributed by atoms with van der Waals surface area (Å²) in [7, 11) is 0. The zero-order chi connectivity index (χ0) is 30.3. The van der Waals surface area contributed by atoms with Crippen molar-refractivity contribution in [1.29, 1.82) is 0 Å². The first-order valence-electron chi connectivity index (χ1n) is 14.0. The van der Waals surface area contributed by atoms with Gasteiger partial charge in [-0.05, 0) is 61.1 Å². The third-order valence-electron chi connectivity index (χ3n) is 7.89. The van der Waals surface area contributed by atoms with Crippen LogP contribution in [-0.4, -0.2) is 71.1 Å². The standard InChI is InChI=1S/C30H36ClFN4O6/c1-19(38)36-10-8-30(9-11-36)16-22(27(39)35-30)15-25(17-37)33-28(40)26(14-20-4-3-7-24(32)13-20)34-29(41)42-18-21-5-2-6-23(31)12-21/h2-7,12-13,22,25-26,37H,8-11,14-18H2,1H3,(H,33,40)(H,34,41)(H,35,39)/t22?,25?,26-/m0/s1. The number of carbonyl (C=O) groups is 4. The van der Waals surface area contributed by atoms with Crippen molar-refractivity contribution in [3.05, 3.63) is 70.5 Å². The summed E-state index contributed by atoms with van der Waals surface area (Å²) in [5.74, 6) is -1.69. The monoisotopic (exact) mass is 602 g/mol. The highest BCUT2D eigenvalue weighted by Gasteiger charge is 2.46. The number of likely N-dealkylation sites (tertiary alicyclic amines) is 1. The summed E-state index contributed by atoms with van der Waals surface area (Å²) in [5, 5.41) is 18.9. The average molecular weight is 603 g/mol. The highest BCUT2D eigenvalue weighted by molar-refractivity contribution is 6.30. The van der Waals surface area contributed by atoms with E-state index in [9.17, 15) is 28.7 Å². The maximum atomic E-state index is 13.8. The Kier molecular flexibility index (Phi) is 10.4. The van der Waals surface area contributed by atoms with Crippen molar-refractivity contribution in [3.8, 4) is 0 Å². The molecular weight excluding hydrogens is 567 g/mol. The molecule has 0 saturated carbocycles. The Morgan fingerprint density at radius 3 is 2.52 bits per heavy atom. The molecule has 10 nitrogen and oxygen atoms in total. The maximum Gasteiger partial charge on any atom is 0.408 e. The smallest absolute Gasteiger partial charge is 0.408 e. The Labute approximate surface area is 248 Å². The van der Waals surface area contributed by atoms with Crippen LogP contribution in [0.5, 0.6) is 0 Å². The third kappa shape index (κ3) is 8.42. The van der Waals surface area contributed by atoms with Gasteiger partial charge in [0.25, 0.3) is 0 Å². The molecule has 4 amide bonds. The maximum absolute atomic E-state index is 13.8. The summed E-state index contributed by atoms with van der Waals surface area (Å²) in [4.78, 5) is 52.3. The van der Waals surface area contributed by atoms with Crippen molar-refractivity contribution < 1.29 is 33.4 Å². The lowest BCUT2D eigenvalue weighted by Crippen LogP contribution is -2.52. The zero-order valence-electron chi connectivity index (χ0n) is 23.4. The number of carbonyl (C=O) groups excluding carboxylic acids is 4. The van der Waals surface area contributed by atoms with Gasteiger partial charge in [-0.2, -0.15) is 0 Å².